The number of carbonyl (C=O) groups excluding carboxylic acids is 1. The fourth-order valence-corrected chi connectivity index (χ4v) is 4.66. The molecule has 0 N–H and O–H groups in total. The monoisotopic (exact) mass is 437 g/mol. The maximum atomic E-state index is 12.2. The van der Waals surface area contributed by atoms with Gasteiger partial charge in [0.2, 0.25) is 0 Å². The maximum Gasteiger partial charge on any atom is 0.342 e. The number of hydrogen-bond acceptors (Lipinski definition) is 8. The van der Waals surface area contributed by atoms with Crippen LogP contribution in [0.25, 0.3) is 0 Å². The molecule has 0 aliphatic carbocycles. The van der Waals surface area contributed by atoms with Crippen LogP contribution in [0.3, 0.4) is 0 Å². The van der Waals surface area contributed by atoms with E-state index in [1.807, 2.05) is 71.4 Å². The second-order valence-corrected chi connectivity index (χ2v) is 7.93. The van der Waals surface area contributed by atoms with Gasteiger partial charge in [-0.05, 0) is 36.8 Å². The number of hydrazone groups is 1. The molecule has 2 aliphatic rings. The van der Waals surface area contributed by atoms with E-state index in [2.05, 4.69) is 5.10 Å². The molecular weight excluding hydrogens is 414 g/mol. The average molecular weight is 438 g/mol. The highest BCUT2D eigenvalue weighted by atomic mass is 32.2. The molecule has 0 radical (unpaired) electrons. The number of benzene rings is 2. The summed E-state index contributed by atoms with van der Waals surface area (Å²) in [6.07, 6.45) is 3.20. The predicted molar refractivity (Wildman–Crippen MR) is 121 cm³/mol. The van der Waals surface area contributed by atoms with Gasteiger partial charge >= 0.3 is 5.97 Å². The molecule has 8 heteroatoms. The van der Waals surface area contributed by atoms with Crippen molar-refractivity contribution in [3.8, 4) is 5.75 Å². The van der Waals surface area contributed by atoms with Gasteiger partial charge in [0.05, 0.1) is 26.2 Å². The summed E-state index contributed by atoms with van der Waals surface area (Å²) in [5.74, 6) is 0.353. The van der Waals surface area contributed by atoms with Gasteiger partial charge in [-0.15, -0.1) is 0 Å². The molecule has 7 nitrogen and oxygen atoms in total. The molecule has 0 aromatic heterocycles. The zero-order chi connectivity index (χ0) is 21.8. The van der Waals surface area contributed by atoms with Gasteiger partial charge in [0.25, 0.3) is 0 Å². The lowest BCUT2D eigenvalue weighted by atomic mass is 10.2. The molecular formula is C23H23N3O4S. The van der Waals surface area contributed by atoms with Crippen molar-refractivity contribution < 1.29 is 19.0 Å². The van der Waals surface area contributed by atoms with Crippen molar-refractivity contribution in [2.75, 3.05) is 19.1 Å². The van der Waals surface area contributed by atoms with Gasteiger partial charge in [-0.3, -0.25) is 4.90 Å². The summed E-state index contributed by atoms with van der Waals surface area (Å²) in [4.78, 5) is 15.0. The molecule has 2 aromatic carbocycles. The number of carbonyl (C=O) groups is 1. The van der Waals surface area contributed by atoms with Crippen LogP contribution in [0, 0.1) is 0 Å². The second kappa shape index (κ2) is 9.18. The molecule has 1 atom stereocenters. The number of allylic oxidation sites excluding steroid dienone is 1. The predicted octanol–water partition coefficient (Wildman–Crippen LogP) is 4.30. The summed E-state index contributed by atoms with van der Waals surface area (Å²) in [6, 6.07) is 17.9. The Morgan fingerprint density at radius 2 is 1.87 bits per heavy atom. The number of thioether (sulfide) groups is 1. The zero-order valence-corrected chi connectivity index (χ0v) is 18.3. The Balaban J connectivity index is 1.46. The van der Waals surface area contributed by atoms with E-state index >= 15 is 0 Å². The third-order valence-corrected chi connectivity index (χ3v) is 6.30. The van der Waals surface area contributed by atoms with Crippen LogP contribution in [0.2, 0.25) is 0 Å². The van der Waals surface area contributed by atoms with Crippen LogP contribution in [0.4, 0.5) is 5.69 Å². The standard InChI is InChI=1S/C23H23N3O4S/c1-16-21(20(14-28-2)22(27)29-3)31-23-25(15-24-26(16)23)18-9-11-19(12-10-18)30-13-17-7-5-4-6-8-17/h4-12,14-15,23H,13H2,1-3H3/b20-14-. The minimum Gasteiger partial charge on any atom is -0.503 e. The first-order valence-electron chi connectivity index (χ1n) is 9.70. The maximum absolute atomic E-state index is 12.2. The number of fused-ring (bicyclic) bond motifs is 1. The molecule has 1 unspecified atom stereocenters. The van der Waals surface area contributed by atoms with Gasteiger partial charge in [-0.1, -0.05) is 42.1 Å². The third kappa shape index (κ3) is 4.25. The van der Waals surface area contributed by atoms with Crippen molar-refractivity contribution in [3.05, 3.63) is 82.6 Å². The van der Waals surface area contributed by atoms with Crippen LogP contribution >= 0.6 is 11.8 Å². The van der Waals surface area contributed by atoms with Crippen LogP contribution in [0.5, 0.6) is 5.75 Å². The summed E-state index contributed by atoms with van der Waals surface area (Å²) in [5.41, 5.74) is 3.21. The molecule has 31 heavy (non-hydrogen) atoms. The van der Waals surface area contributed by atoms with E-state index in [1.54, 1.807) is 6.34 Å². The highest BCUT2D eigenvalue weighted by molar-refractivity contribution is 8.04. The first-order valence-corrected chi connectivity index (χ1v) is 10.6. The molecule has 0 amide bonds. The molecule has 0 bridgehead atoms. The van der Waals surface area contributed by atoms with Crippen LogP contribution in [0.1, 0.15) is 12.5 Å². The minimum absolute atomic E-state index is 0.129. The lowest BCUT2D eigenvalue weighted by molar-refractivity contribution is -0.135. The Hall–Kier alpha value is -3.39. The molecule has 160 valence electrons. The lowest BCUT2D eigenvalue weighted by Gasteiger charge is -2.24. The summed E-state index contributed by atoms with van der Waals surface area (Å²) in [5, 5.41) is 6.40. The summed E-state index contributed by atoms with van der Waals surface area (Å²) in [7, 11) is 2.86. The Morgan fingerprint density at radius 1 is 1.13 bits per heavy atom. The van der Waals surface area contributed by atoms with Crippen molar-refractivity contribution in [2.45, 2.75) is 19.0 Å². The van der Waals surface area contributed by atoms with E-state index in [-0.39, 0.29) is 5.50 Å². The smallest absolute Gasteiger partial charge is 0.342 e. The molecule has 0 spiro atoms. The minimum atomic E-state index is -0.444. The summed E-state index contributed by atoms with van der Waals surface area (Å²) in [6.45, 7) is 2.45. The quantitative estimate of drug-likeness (QED) is 0.364. The van der Waals surface area contributed by atoms with Gasteiger partial charge in [0, 0.05) is 10.6 Å². The highest BCUT2D eigenvalue weighted by Gasteiger charge is 2.40. The van der Waals surface area contributed by atoms with E-state index in [1.165, 1.54) is 32.2 Å². The Bertz CT molecular complexity index is 1030. The number of rotatable bonds is 7. The van der Waals surface area contributed by atoms with Crippen LogP contribution in [-0.2, 0) is 20.9 Å². The Labute approximate surface area is 185 Å². The SMILES string of the molecule is CO/C=C(\C(=O)OC)C1=C(C)N2N=CN(c3ccc(OCc4ccccc4)cc3)C2S1. The fraction of sp³-hybridized carbons (Fsp3) is 0.217. The van der Waals surface area contributed by atoms with E-state index in [0.29, 0.717) is 12.2 Å². The first-order chi connectivity index (χ1) is 15.1. The van der Waals surface area contributed by atoms with Gasteiger partial charge < -0.3 is 14.2 Å². The van der Waals surface area contributed by atoms with Crippen molar-refractivity contribution in [1.82, 2.24) is 5.01 Å². The molecule has 4 rings (SSSR count). The Kier molecular flexibility index (Phi) is 6.18. The normalized spacial score (nSPS) is 17.8. The number of hydrogen-bond donors (Lipinski definition) is 0. The van der Waals surface area contributed by atoms with Gasteiger partial charge in [0.1, 0.15) is 24.3 Å². The lowest BCUT2D eigenvalue weighted by Crippen LogP contribution is -2.33. The van der Waals surface area contributed by atoms with Crippen molar-refractivity contribution in [1.29, 1.82) is 0 Å². The van der Waals surface area contributed by atoms with Crippen molar-refractivity contribution in [2.24, 2.45) is 5.10 Å². The molecule has 2 aliphatic heterocycles. The van der Waals surface area contributed by atoms with Gasteiger partial charge in [-0.25, -0.2) is 9.80 Å². The molecule has 0 saturated carbocycles. The Morgan fingerprint density at radius 3 is 2.55 bits per heavy atom. The number of esters is 1. The van der Waals surface area contributed by atoms with Crippen LogP contribution < -0.4 is 9.64 Å². The third-order valence-electron chi connectivity index (χ3n) is 4.91. The fourth-order valence-electron chi connectivity index (χ4n) is 3.33. The van der Waals surface area contributed by atoms with Crippen molar-refractivity contribution >= 4 is 29.8 Å². The summed E-state index contributed by atoms with van der Waals surface area (Å²) < 4.78 is 15.9. The topological polar surface area (TPSA) is 63.6 Å². The van der Waals surface area contributed by atoms with Crippen molar-refractivity contribution in [3.63, 3.8) is 0 Å². The number of anilines is 1. The molecule has 0 fully saturated rings. The average Bonchev–Trinajstić information content (AvgIpc) is 3.37. The number of nitrogens with zero attached hydrogens (tertiary/aromatic N) is 3. The second-order valence-electron chi connectivity index (χ2n) is 6.87. The van der Waals surface area contributed by atoms with Gasteiger partial charge in [-0.2, -0.15) is 5.10 Å². The van der Waals surface area contributed by atoms with E-state index in [9.17, 15) is 4.79 Å². The van der Waals surface area contributed by atoms with Crippen LogP contribution in [-0.4, -0.2) is 37.0 Å². The number of methoxy groups -OCH3 is 2. The van der Waals surface area contributed by atoms with Crippen LogP contribution in [0.15, 0.2) is 82.1 Å². The molecule has 0 saturated heterocycles. The van der Waals surface area contributed by atoms with E-state index < -0.39 is 5.97 Å². The largest absolute Gasteiger partial charge is 0.503 e. The van der Waals surface area contributed by atoms with Gasteiger partial charge in [0.15, 0.2) is 5.50 Å². The highest BCUT2D eigenvalue weighted by Crippen LogP contribution is 2.46. The van der Waals surface area contributed by atoms with E-state index in [4.69, 9.17) is 14.2 Å². The molecule has 2 heterocycles. The van der Waals surface area contributed by atoms with E-state index in [0.717, 1.165) is 27.6 Å². The summed E-state index contributed by atoms with van der Waals surface area (Å²) >= 11 is 1.52. The first kappa shape index (κ1) is 20.9. The molecule has 2 aromatic rings. The number of ether oxygens (including phenoxy) is 3. The zero-order valence-electron chi connectivity index (χ0n) is 17.5.